The van der Waals surface area contributed by atoms with Gasteiger partial charge in [-0.2, -0.15) is 0 Å². The third kappa shape index (κ3) is 4.94. The molecule has 1 amide bonds. The molecule has 2 atom stereocenters. The van der Waals surface area contributed by atoms with E-state index in [4.69, 9.17) is 10.5 Å². The average Bonchev–Trinajstić information content (AvgIpc) is 2.76. The SMILES string of the molecule is CCC(CCN)CCC(=O)NC1CCOC1. The molecule has 94 valence electrons. The van der Waals surface area contributed by atoms with Gasteiger partial charge in [-0.3, -0.25) is 4.79 Å². The minimum atomic E-state index is 0.158. The summed E-state index contributed by atoms with van der Waals surface area (Å²) in [6.45, 7) is 4.32. The summed E-state index contributed by atoms with van der Waals surface area (Å²) in [5.74, 6) is 0.751. The van der Waals surface area contributed by atoms with Crippen LogP contribution in [0.15, 0.2) is 0 Å². The zero-order chi connectivity index (χ0) is 11.8. The Balaban J connectivity index is 2.12. The van der Waals surface area contributed by atoms with Gasteiger partial charge in [0.05, 0.1) is 12.6 Å². The van der Waals surface area contributed by atoms with Gasteiger partial charge < -0.3 is 15.8 Å². The van der Waals surface area contributed by atoms with Crippen molar-refractivity contribution >= 4 is 5.91 Å². The minimum Gasteiger partial charge on any atom is -0.379 e. The molecule has 4 heteroatoms. The Bertz CT molecular complexity index is 203. The van der Waals surface area contributed by atoms with Gasteiger partial charge in [-0.15, -0.1) is 0 Å². The number of hydrogen-bond acceptors (Lipinski definition) is 3. The maximum atomic E-state index is 11.6. The molecule has 0 aromatic carbocycles. The van der Waals surface area contributed by atoms with Crippen LogP contribution in [0, 0.1) is 5.92 Å². The number of ether oxygens (including phenoxy) is 1. The highest BCUT2D eigenvalue weighted by Crippen LogP contribution is 2.14. The first kappa shape index (κ1) is 13.5. The van der Waals surface area contributed by atoms with E-state index in [0.29, 0.717) is 18.9 Å². The van der Waals surface area contributed by atoms with Gasteiger partial charge in [0, 0.05) is 13.0 Å². The minimum absolute atomic E-state index is 0.158. The molecule has 1 aliphatic heterocycles. The summed E-state index contributed by atoms with van der Waals surface area (Å²) in [5, 5.41) is 3.01. The van der Waals surface area contributed by atoms with Crippen molar-refractivity contribution in [1.29, 1.82) is 0 Å². The smallest absolute Gasteiger partial charge is 0.220 e. The molecule has 1 heterocycles. The highest BCUT2D eigenvalue weighted by atomic mass is 16.5. The molecule has 0 bridgehead atoms. The fourth-order valence-corrected chi connectivity index (χ4v) is 2.07. The summed E-state index contributed by atoms with van der Waals surface area (Å²) >= 11 is 0. The first-order chi connectivity index (χ1) is 7.76. The van der Waals surface area contributed by atoms with Crippen LogP contribution in [0.25, 0.3) is 0 Å². The van der Waals surface area contributed by atoms with Crippen molar-refractivity contribution in [3.63, 3.8) is 0 Å². The van der Waals surface area contributed by atoms with Crippen molar-refractivity contribution in [3.05, 3.63) is 0 Å². The molecule has 3 N–H and O–H groups in total. The van der Waals surface area contributed by atoms with E-state index in [2.05, 4.69) is 12.2 Å². The predicted octanol–water partition coefficient (Wildman–Crippen LogP) is 1.05. The van der Waals surface area contributed by atoms with Crippen molar-refractivity contribution in [3.8, 4) is 0 Å². The normalized spacial score (nSPS) is 22.0. The lowest BCUT2D eigenvalue weighted by atomic mass is 9.96. The van der Waals surface area contributed by atoms with Gasteiger partial charge in [-0.25, -0.2) is 0 Å². The third-order valence-electron chi connectivity index (χ3n) is 3.23. The summed E-state index contributed by atoms with van der Waals surface area (Å²) in [4.78, 5) is 11.6. The summed E-state index contributed by atoms with van der Waals surface area (Å²) < 4.78 is 5.21. The van der Waals surface area contributed by atoms with Crippen LogP contribution in [0.1, 0.15) is 39.0 Å². The largest absolute Gasteiger partial charge is 0.379 e. The Hall–Kier alpha value is -0.610. The Labute approximate surface area is 97.9 Å². The molecule has 4 nitrogen and oxygen atoms in total. The lowest BCUT2D eigenvalue weighted by Crippen LogP contribution is -2.35. The Morgan fingerprint density at radius 2 is 2.38 bits per heavy atom. The molecule has 2 unspecified atom stereocenters. The lowest BCUT2D eigenvalue weighted by molar-refractivity contribution is -0.122. The van der Waals surface area contributed by atoms with Gasteiger partial charge in [0.2, 0.25) is 5.91 Å². The van der Waals surface area contributed by atoms with Crippen LogP contribution in [0.4, 0.5) is 0 Å². The molecular formula is C12H24N2O2. The second-order valence-electron chi connectivity index (χ2n) is 4.52. The van der Waals surface area contributed by atoms with E-state index in [-0.39, 0.29) is 11.9 Å². The summed E-state index contributed by atoms with van der Waals surface area (Å²) in [6.07, 6.45) is 4.65. The summed E-state index contributed by atoms with van der Waals surface area (Å²) in [6, 6.07) is 0.238. The van der Waals surface area contributed by atoms with E-state index in [1.54, 1.807) is 0 Å². The number of rotatable bonds is 7. The first-order valence-corrected chi connectivity index (χ1v) is 6.33. The Morgan fingerprint density at radius 3 is 2.94 bits per heavy atom. The van der Waals surface area contributed by atoms with Crippen LogP contribution < -0.4 is 11.1 Å². The molecule has 0 aromatic heterocycles. The molecule has 16 heavy (non-hydrogen) atoms. The summed E-state index contributed by atoms with van der Waals surface area (Å²) in [7, 11) is 0. The Morgan fingerprint density at radius 1 is 1.56 bits per heavy atom. The third-order valence-corrected chi connectivity index (χ3v) is 3.23. The van der Waals surface area contributed by atoms with Crippen LogP contribution in [-0.4, -0.2) is 31.7 Å². The van der Waals surface area contributed by atoms with Gasteiger partial charge in [-0.1, -0.05) is 13.3 Å². The van der Waals surface area contributed by atoms with E-state index < -0.39 is 0 Å². The number of nitrogens with one attached hydrogen (secondary N) is 1. The van der Waals surface area contributed by atoms with Crippen LogP contribution >= 0.6 is 0 Å². The molecule has 0 aliphatic carbocycles. The maximum absolute atomic E-state index is 11.6. The molecule has 1 fully saturated rings. The predicted molar refractivity (Wildman–Crippen MR) is 64.1 cm³/mol. The van der Waals surface area contributed by atoms with E-state index in [0.717, 1.165) is 38.8 Å². The Kier molecular flexibility index (Phi) is 6.42. The van der Waals surface area contributed by atoms with Crippen LogP contribution in [0.3, 0.4) is 0 Å². The van der Waals surface area contributed by atoms with Crippen LogP contribution in [0.2, 0.25) is 0 Å². The number of carbonyl (C=O) groups excluding carboxylic acids is 1. The number of carbonyl (C=O) groups is 1. The van der Waals surface area contributed by atoms with Gasteiger partial charge in [0.25, 0.3) is 0 Å². The zero-order valence-corrected chi connectivity index (χ0v) is 10.2. The topological polar surface area (TPSA) is 64.4 Å². The van der Waals surface area contributed by atoms with Crippen molar-refractivity contribution in [1.82, 2.24) is 5.32 Å². The highest BCUT2D eigenvalue weighted by Gasteiger charge is 2.18. The monoisotopic (exact) mass is 228 g/mol. The molecule has 1 rings (SSSR count). The average molecular weight is 228 g/mol. The zero-order valence-electron chi connectivity index (χ0n) is 10.2. The molecule has 1 saturated heterocycles. The van der Waals surface area contributed by atoms with Crippen molar-refractivity contribution in [2.24, 2.45) is 11.7 Å². The van der Waals surface area contributed by atoms with Crippen LogP contribution in [0.5, 0.6) is 0 Å². The van der Waals surface area contributed by atoms with Gasteiger partial charge in [0.1, 0.15) is 0 Å². The van der Waals surface area contributed by atoms with E-state index in [1.165, 1.54) is 0 Å². The maximum Gasteiger partial charge on any atom is 0.220 e. The molecular weight excluding hydrogens is 204 g/mol. The number of hydrogen-bond donors (Lipinski definition) is 2. The standard InChI is InChI=1S/C12H24N2O2/c1-2-10(5-7-13)3-4-12(15)14-11-6-8-16-9-11/h10-11H,2-9,13H2,1H3,(H,14,15). The fourth-order valence-electron chi connectivity index (χ4n) is 2.07. The summed E-state index contributed by atoms with van der Waals surface area (Å²) in [5.41, 5.74) is 5.53. The number of nitrogens with two attached hydrogens (primary N) is 1. The molecule has 0 aromatic rings. The van der Waals surface area contributed by atoms with Gasteiger partial charge in [-0.05, 0) is 31.7 Å². The molecule has 0 spiro atoms. The van der Waals surface area contributed by atoms with E-state index >= 15 is 0 Å². The molecule has 1 aliphatic rings. The van der Waals surface area contributed by atoms with Gasteiger partial charge >= 0.3 is 0 Å². The van der Waals surface area contributed by atoms with Crippen LogP contribution in [-0.2, 0) is 9.53 Å². The number of amides is 1. The second-order valence-corrected chi connectivity index (χ2v) is 4.52. The van der Waals surface area contributed by atoms with Gasteiger partial charge in [0.15, 0.2) is 0 Å². The quantitative estimate of drug-likeness (QED) is 0.684. The van der Waals surface area contributed by atoms with Crippen molar-refractivity contribution < 1.29 is 9.53 Å². The van der Waals surface area contributed by atoms with Crippen molar-refractivity contribution in [2.45, 2.75) is 45.1 Å². The highest BCUT2D eigenvalue weighted by molar-refractivity contribution is 5.76. The fraction of sp³-hybridized carbons (Fsp3) is 0.917. The second kappa shape index (κ2) is 7.63. The lowest BCUT2D eigenvalue weighted by Gasteiger charge is -2.14. The molecule has 0 saturated carbocycles. The van der Waals surface area contributed by atoms with Crippen molar-refractivity contribution in [2.75, 3.05) is 19.8 Å². The van der Waals surface area contributed by atoms with E-state index in [1.807, 2.05) is 0 Å². The molecule has 0 radical (unpaired) electrons. The first-order valence-electron chi connectivity index (χ1n) is 6.33. The van der Waals surface area contributed by atoms with E-state index in [9.17, 15) is 4.79 Å².